The number of nitrogens with zero attached hydrogens (tertiary/aromatic N) is 2. The number of likely N-dealkylation sites (N-methyl/N-ethyl adjacent to an activating group) is 1. The zero-order valence-electron chi connectivity index (χ0n) is 19.5. The SMILES string of the molecule is Cc1c(Cl)cccc1NC(=S)C1=C(NCc2ccncc2OCC2CCCN2C)CCNC1=O. The molecule has 34 heavy (non-hydrogen) atoms. The minimum absolute atomic E-state index is 0.193. The van der Waals surface area contributed by atoms with Crippen molar-refractivity contribution >= 4 is 40.4 Å². The summed E-state index contributed by atoms with van der Waals surface area (Å²) in [6.07, 6.45) is 6.51. The first-order valence-electron chi connectivity index (χ1n) is 11.5. The van der Waals surface area contributed by atoms with Crippen LogP contribution in [0.1, 0.15) is 30.4 Å². The van der Waals surface area contributed by atoms with E-state index in [-0.39, 0.29) is 5.91 Å². The molecule has 180 valence electrons. The summed E-state index contributed by atoms with van der Waals surface area (Å²) in [5.74, 6) is 0.564. The van der Waals surface area contributed by atoms with Crippen molar-refractivity contribution in [2.45, 2.75) is 38.8 Å². The molecule has 1 saturated heterocycles. The summed E-state index contributed by atoms with van der Waals surface area (Å²) in [7, 11) is 2.14. The van der Waals surface area contributed by atoms with Crippen molar-refractivity contribution in [2.24, 2.45) is 0 Å². The van der Waals surface area contributed by atoms with Gasteiger partial charge in [-0.15, -0.1) is 0 Å². The smallest absolute Gasteiger partial charge is 0.256 e. The molecule has 0 radical (unpaired) electrons. The number of likely N-dealkylation sites (tertiary alicyclic amines) is 1. The third-order valence-corrected chi connectivity index (χ3v) is 7.11. The Hall–Kier alpha value is -2.68. The molecular weight excluding hydrogens is 470 g/mol. The van der Waals surface area contributed by atoms with Crippen molar-refractivity contribution in [3.05, 3.63) is 64.1 Å². The molecule has 3 N–H and O–H groups in total. The van der Waals surface area contributed by atoms with Crippen LogP contribution in [0.5, 0.6) is 5.75 Å². The van der Waals surface area contributed by atoms with Crippen LogP contribution in [0.25, 0.3) is 0 Å². The van der Waals surface area contributed by atoms with E-state index in [0.29, 0.717) is 47.7 Å². The zero-order chi connectivity index (χ0) is 24.1. The first-order valence-corrected chi connectivity index (χ1v) is 12.3. The summed E-state index contributed by atoms with van der Waals surface area (Å²) >= 11 is 11.9. The topological polar surface area (TPSA) is 78.5 Å². The van der Waals surface area contributed by atoms with Crippen molar-refractivity contribution in [3.8, 4) is 5.75 Å². The highest BCUT2D eigenvalue weighted by molar-refractivity contribution is 7.81. The molecule has 2 aliphatic rings. The van der Waals surface area contributed by atoms with Gasteiger partial charge in [-0.3, -0.25) is 9.78 Å². The van der Waals surface area contributed by atoms with E-state index in [1.165, 1.54) is 6.42 Å². The Morgan fingerprint density at radius 2 is 2.24 bits per heavy atom. The Labute approximate surface area is 210 Å². The Kier molecular flexibility index (Phi) is 8.03. The summed E-state index contributed by atoms with van der Waals surface area (Å²) in [5.41, 5.74) is 3.90. The van der Waals surface area contributed by atoms with Crippen molar-refractivity contribution in [3.63, 3.8) is 0 Å². The predicted octanol–water partition coefficient (Wildman–Crippen LogP) is 3.82. The highest BCUT2D eigenvalue weighted by Crippen LogP contribution is 2.25. The number of thiocarbonyl (C=S) groups is 1. The molecule has 1 aromatic carbocycles. The number of ether oxygens (including phenoxy) is 1. The van der Waals surface area contributed by atoms with Crippen molar-refractivity contribution in [1.82, 2.24) is 20.5 Å². The number of hydrogen-bond donors (Lipinski definition) is 3. The number of carbonyl (C=O) groups is 1. The maximum absolute atomic E-state index is 12.7. The average molecular weight is 500 g/mol. The maximum atomic E-state index is 12.7. The molecule has 1 atom stereocenters. The number of benzene rings is 1. The Balaban J connectivity index is 1.48. The summed E-state index contributed by atoms with van der Waals surface area (Å²) in [4.78, 5) is 19.7. The Morgan fingerprint density at radius 3 is 3.03 bits per heavy atom. The predicted molar refractivity (Wildman–Crippen MR) is 139 cm³/mol. The van der Waals surface area contributed by atoms with Gasteiger partial charge in [-0.2, -0.15) is 0 Å². The second kappa shape index (κ2) is 11.2. The average Bonchev–Trinajstić information content (AvgIpc) is 3.24. The number of carbonyl (C=O) groups excluding carboxylic acids is 1. The molecule has 9 heteroatoms. The standard InChI is InChI=1S/C25H30ClN5O2S/c1-16-19(26)6-3-7-20(16)30-25(34)23-21(9-11-28-24(23)32)29-13-17-8-10-27-14-22(17)33-15-18-5-4-12-31(18)2/h3,6-8,10,14,18,29H,4-5,9,11-13,15H2,1-2H3,(H,28,32)(H,30,34). The second-order valence-corrected chi connectivity index (χ2v) is 9.47. The van der Waals surface area contributed by atoms with Crippen LogP contribution in [-0.4, -0.2) is 53.6 Å². The summed E-state index contributed by atoms with van der Waals surface area (Å²) in [6.45, 7) is 4.71. The van der Waals surface area contributed by atoms with E-state index in [1.807, 2.05) is 31.2 Å². The number of nitrogens with one attached hydrogen (secondary N) is 3. The van der Waals surface area contributed by atoms with Gasteiger partial charge in [0.05, 0.1) is 11.8 Å². The maximum Gasteiger partial charge on any atom is 0.256 e. The van der Waals surface area contributed by atoms with E-state index in [2.05, 4.69) is 32.9 Å². The van der Waals surface area contributed by atoms with Crippen LogP contribution in [0.2, 0.25) is 5.02 Å². The molecule has 0 bridgehead atoms. The van der Waals surface area contributed by atoms with E-state index in [0.717, 1.165) is 41.2 Å². The van der Waals surface area contributed by atoms with Gasteiger partial charge in [0.15, 0.2) is 0 Å². The number of halogens is 1. The van der Waals surface area contributed by atoms with Gasteiger partial charge in [-0.1, -0.05) is 29.9 Å². The van der Waals surface area contributed by atoms with E-state index >= 15 is 0 Å². The Morgan fingerprint density at radius 1 is 1.38 bits per heavy atom. The third-order valence-electron chi connectivity index (χ3n) is 6.40. The van der Waals surface area contributed by atoms with Gasteiger partial charge < -0.3 is 25.6 Å². The summed E-state index contributed by atoms with van der Waals surface area (Å²) < 4.78 is 6.14. The van der Waals surface area contributed by atoms with Crippen molar-refractivity contribution in [2.75, 3.05) is 32.1 Å². The molecule has 1 fully saturated rings. The molecule has 0 saturated carbocycles. The molecule has 1 amide bonds. The minimum Gasteiger partial charge on any atom is -0.490 e. The van der Waals surface area contributed by atoms with Crippen molar-refractivity contribution < 1.29 is 9.53 Å². The molecular formula is C25H30ClN5O2S. The normalized spacial score (nSPS) is 18.6. The largest absolute Gasteiger partial charge is 0.490 e. The second-order valence-electron chi connectivity index (χ2n) is 8.65. The lowest BCUT2D eigenvalue weighted by Gasteiger charge is -2.24. The lowest BCUT2D eigenvalue weighted by atomic mass is 10.1. The van der Waals surface area contributed by atoms with Crippen LogP contribution in [0.3, 0.4) is 0 Å². The molecule has 1 aromatic heterocycles. The fourth-order valence-electron chi connectivity index (χ4n) is 4.26. The van der Waals surface area contributed by atoms with Crippen LogP contribution in [0.4, 0.5) is 5.69 Å². The van der Waals surface area contributed by atoms with Gasteiger partial charge in [0, 0.05) is 53.7 Å². The van der Waals surface area contributed by atoms with Gasteiger partial charge in [0.25, 0.3) is 5.91 Å². The van der Waals surface area contributed by atoms with Gasteiger partial charge in [-0.25, -0.2) is 0 Å². The van der Waals surface area contributed by atoms with E-state index in [9.17, 15) is 4.79 Å². The van der Waals surface area contributed by atoms with Crippen LogP contribution < -0.4 is 20.7 Å². The first kappa shape index (κ1) is 24.4. The molecule has 2 aromatic rings. The number of amides is 1. The molecule has 3 heterocycles. The first-order chi connectivity index (χ1) is 16.4. The fraction of sp³-hybridized carbons (Fsp3) is 0.400. The zero-order valence-corrected chi connectivity index (χ0v) is 21.1. The molecule has 0 spiro atoms. The number of hydrogen-bond acceptors (Lipinski definition) is 6. The van der Waals surface area contributed by atoms with Gasteiger partial charge in [0.1, 0.15) is 17.3 Å². The van der Waals surface area contributed by atoms with Crippen LogP contribution in [-0.2, 0) is 11.3 Å². The lowest BCUT2D eigenvalue weighted by Crippen LogP contribution is -2.39. The van der Waals surface area contributed by atoms with E-state index in [4.69, 9.17) is 28.6 Å². The minimum atomic E-state index is -0.193. The molecule has 0 aliphatic carbocycles. The number of anilines is 1. The number of pyridine rings is 1. The van der Waals surface area contributed by atoms with Crippen LogP contribution in [0, 0.1) is 6.92 Å². The van der Waals surface area contributed by atoms with Crippen molar-refractivity contribution in [1.29, 1.82) is 0 Å². The fourth-order valence-corrected chi connectivity index (χ4v) is 4.76. The van der Waals surface area contributed by atoms with E-state index in [1.54, 1.807) is 12.4 Å². The lowest BCUT2D eigenvalue weighted by molar-refractivity contribution is -0.117. The van der Waals surface area contributed by atoms with Gasteiger partial charge >= 0.3 is 0 Å². The highest BCUT2D eigenvalue weighted by Gasteiger charge is 2.25. The monoisotopic (exact) mass is 499 g/mol. The molecule has 2 aliphatic heterocycles. The summed E-state index contributed by atoms with van der Waals surface area (Å²) in [5, 5.41) is 10.2. The summed E-state index contributed by atoms with van der Waals surface area (Å²) in [6, 6.07) is 7.93. The number of rotatable bonds is 8. The van der Waals surface area contributed by atoms with Crippen LogP contribution in [0.15, 0.2) is 47.9 Å². The van der Waals surface area contributed by atoms with Gasteiger partial charge in [0.2, 0.25) is 0 Å². The quantitative estimate of drug-likeness (QED) is 0.476. The highest BCUT2D eigenvalue weighted by atomic mass is 35.5. The van der Waals surface area contributed by atoms with Crippen LogP contribution >= 0.6 is 23.8 Å². The number of aromatic nitrogens is 1. The van der Waals surface area contributed by atoms with E-state index < -0.39 is 0 Å². The van der Waals surface area contributed by atoms with Gasteiger partial charge in [-0.05, 0) is 57.1 Å². The molecule has 4 rings (SSSR count). The molecule has 7 nitrogen and oxygen atoms in total. The molecule has 1 unspecified atom stereocenters. The Bertz CT molecular complexity index is 1110. The third kappa shape index (κ3) is 5.68.